The van der Waals surface area contributed by atoms with Crippen molar-refractivity contribution in [2.24, 2.45) is 13.0 Å². The van der Waals surface area contributed by atoms with Gasteiger partial charge in [0.15, 0.2) is 0 Å². The Labute approximate surface area is 160 Å². The van der Waals surface area contributed by atoms with Gasteiger partial charge >= 0.3 is 0 Å². The van der Waals surface area contributed by atoms with Crippen LogP contribution in [0.15, 0.2) is 36.7 Å². The zero-order chi connectivity index (χ0) is 16.4. The minimum absolute atomic E-state index is 0. The van der Waals surface area contributed by atoms with Gasteiger partial charge in [-0.05, 0) is 17.7 Å². The zero-order valence-electron chi connectivity index (χ0n) is 14.6. The fraction of sp³-hybridized carbons (Fsp3) is 0.412. The molecule has 0 saturated carbocycles. The lowest BCUT2D eigenvalue weighted by Gasteiger charge is -2.21. The molecule has 138 valence electrons. The van der Waals surface area contributed by atoms with Crippen molar-refractivity contribution in [1.82, 2.24) is 15.1 Å². The van der Waals surface area contributed by atoms with Gasteiger partial charge < -0.3 is 15.5 Å². The van der Waals surface area contributed by atoms with Crippen LogP contribution in [0.5, 0.6) is 0 Å². The van der Waals surface area contributed by atoms with Crippen LogP contribution < -0.4 is 15.5 Å². The second kappa shape index (κ2) is 9.08. The summed E-state index contributed by atoms with van der Waals surface area (Å²) in [5.41, 5.74) is 2.96. The Morgan fingerprint density at radius 2 is 2.00 bits per heavy atom. The number of rotatable bonds is 4. The van der Waals surface area contributed by atoms with E-state index in [-0.39, 0.29) is 42.6 Å². The molecule has 0 bridgehead atoms. The molecule has 2 N–H and O–H groups in total. The second-order valence-corrected chi connectivity index (χ2v) is 6.22. The fourth-order valence-electron chi connectivity index (χ4n) is 3.13. The van der Waals surface area contributed by atoms with Gasteiger partial charge in [-0.3, -0.25) is 9.48 Å². The maximum atomic E-state index is 12.8. The molecule has 1 saturated heterocycles. The van der Waals surface area contributed by atoms with E-state index in [0.29, 0.717) is 6.54 Å². The van der Waals surface area contributed by atoms with Crippen molar-refractivity contribution in [2.45, 2.75) is 5.92 Å². The van der Waals surface area contributed by atoms with Gasteiger partial charge in [-0.1, -0.05) is 12.1 Å². The van der Waals surface area contributed by atoms with Gasteiger partial charge in [0.05, 0.1) is 23.5 Å². The highest BCUT2D eigenvalue weighted by Gasteiger charge is 2.34. The predicted molar refractivity (Wildman–Crippen MR) is 106 cm³/mol. The highest BCUT2D eigenvalue weighted by atomic mass is 35.5. The minimum Gasteiger partial charge on any atom is -0.376 e. The lowest BCUT2D eigenvalue weighted by molar-refractivity contribution is -0.119. The number of carbonyl (C=O) groups is 1. The first-order valence-corrected chi connectivity index (χ1v) is 7.82. The van der Waals surface area contributed by atoms with E-state index in [1.54, 1.807) is 4.68 Å². The molecule has 1 amide bonds. The number of anilines is 2. The van der Waals surface area contributed by atoms with Crippen molar-refractivity contribution >= 4 is 42.1 Å². The van der Waals surface area contributed by atoms with Gasteiger partial charge in [-0.15, -0.1) is 24.8 Å². The summed E-state index contributed by atoms with van der Waals surface area (Å²) in [4.78, 5) is 14.8. The number of aromatic nitrogens is 2. The summed E-state index contributed by atoms with van der Waals surface area (Å²) in [6.45, 7) is 1.49. The number of para-hydroxylation sites is 2. The maximum Gasteiger partial charge on any atom is 0.229 e. The Balaban J connectivity index is 0.00000156. The Kier molecular flexibility index (Phi) is 7.73. The normalized spacial score (nSPS) is 18.8. The molecule has 0 unspecified atom stereocenters. The first-order valence-electron chi connectivity index (χ1n) is 7.82. The summed E-state index contributed by atoms with van der Waals surface area (Å²) in [5.74, 6) is 0.128. The van der Waals surface area contributed by atoms with E-state index in [4.69, 9.17) is 0 Å². The fourth-order valence-corrected chi connectivity index (χ4v) is 3.13. The third kappa shape index (κ3) is 4.66. The molecule has 2 aromatic rings. The molecule has 1 aromatic heterocycles. The van der Waals surface area contributed by atoms with E-state index in [2.05, 4.69) is 15.7 Å². The van der Waals surface area contributed by atoms with Gasteiger partial charge in [0.2, 0.25) is 5.91 Å². The van der Waals surface area contributed by atoms with Crippen LogP contribution in [0.1, 0.15) is 11.5 Å². The maximum absolute atomic E-state index is 12.8. The van der Waals surface area contributed by atoms with Gasteiger partial charge in [0.1, 0.15) is 0 Å². The largest absolute Gasteiger partial charge is 0.376 e. The summed E-state index contributed by atoms with van der Waals surface area (Å²) in [5, 5.41) is 10.6. The Hall–Kier alpha value is -1.76. The van der Waals surface area contributed by atoms with Gasteiger partial charge in [-0.2, -0.15) is 5.10 Å². The van der Waals surface area contributed by atoms with Crippen molar-refractivity contribution in [3.63, 3.8) is 0 Å². The summed E-state index contributed by atoms with van der Waals surface area (Å²) in [7, 11) is 5.84. The Morgan fingerprint density at radius 1 is 1.28 bits per heavy atom. The first-order chi connectivity index (χ1) is 11.1. The van der Waals surface area contributed by atoms with Crippen LogP contribution in [0.2, 0.25) is 0 Å². The third-order valence-corrected chi connectivity index (χ3v) is 4.35. The number of amides is 1. The Bertz CT molecular complexity index is 704. The molecular formula is C17H25Cl2N5O. The zero-order valence-corrected chi connectivity index (χ0v) is 16.2. The van der Waals surface area contributed by atoms with Crippen LogP contribution in [-0.2, 0) is 11.8 Å². The topological polar surface area (TPSA) is 62.2 Å². The lowest BCUT2D eigenvalue weighted by Crippen LogP contribution is -2.28. The SMILES string of the molecule is CN(C)c1ccccc1NC(=O)[C@H]1CNC[C@@H]1c1cnn(C)c1.Cl.Cl. The summed E-state index contributed by atoms with van der Waals surface area (Å²) in [6.07, 6.45) is 3.84. The average Bonchev–Trinajstić information content (AvgIpc) is 3.15. The molecule has 2 atom stereocenters. The van der Waals surface area contributed by atoms with Gasteiger partial charge in [0.25, 0.3) is 0 Å². The number of hydrogen-bond acceptors (Lipinski definition) is 4. The van der Waals surface area contributed by atoms with Crippen LogP contribution in [0.25, 0.3) is 0 Å². The molecule has 1 fully saturated rings. The average molecular weight is 386 g/mol. The van der Waals surface area contributed by atoms with Crippen molar-refractivity contribution in [1.29, 1.82) is 0 Å². The van der Waals surface area contributed by atoms with Crippen molar-refractivity contribution in [2.75, 3.05) is 37.4 Å². The second-order valence-electron chi connectivity index (χ2n) is 6.22. The number of halogens is 2. The van der Waals surface area contributed by atoms with E-state index in [9.17, 15) is 4.79 Å². The predicted octanol–water partition coefficient (Wildman–Crippen LogP) is 2.27. The molecule has 1 aliphatic rings. The van der Waals surface area contributed by atoms with Crippen molar-refractivity contribution in [3.05, 3.63) is 42.2 Å². The van der Waals surface area contributed by atoms with Crippen LogP contribution in [0.4, 0.5) is 11.4 Å². The highest BCUT2D eigenvalue weighted by molar-refractivity contribution is 5.96. The molecule has 8 heteroatoms. The van der Waals surface area contributed by atoms with Crippen LogP contribution in [0, 0.1) is 5.92 Å². The Morgan fingerprint density at radius 3 is 2.64 bits per heavy atom. The first kappa shape index (κ1) is 21.3. The van der Waals surface area contributed by atoms with Crippen LogP contribution in [0.3, 0.4) is 0 Å². The van der Waals surface area contributed by atoms with Gasteiger partial charge in [0, 0.05) is 46.3 Å². The molecule has 1 aromatic carbocycles. The van der Waals surface area contributed by atoms with Crippen LogP contribution in [-0.4, -0.2) is 42.9 Å². The van der Waals surface area contributed by atoms with Gasteiger partial charge in [-0.25, -0.2) is 0 Å². The number of benzene rings is 1. The molecule has 6 nitrogen and oxygen atoms in total. The summed E-state index contributed by atoms with van der Waals surface area (Å²) >= 11 is 0. The molecule has 0 radical (unpaired) electrons. The third-order valence-electron chi connectivity index (χ3n) is 4.35. The van der Waals surface area contributed by atoms with E-state index in [1.807, 2.05) is 62.7 Å². The number of nitrogens with zero attached hydrogens (tertiary/aromatic N) is 3. The van der Waals surface area contributed by atoms with Crippen molar-refractivity contribution < 1.29 is 4.79 Å². The number of hydrogen-bond donors (Lipinski definition) is 2. The van der Waals surface area contributed by atoms with Crippen LogP contribution >= 0.6 is 24.8 Å². The molecule has 2 heterocycles. The monoisotopic (exact) mass is 385 g/mol. The number of aryl methyl sites for hydroxylation is 1. The van der Waals surface area contributed by atoms with E-state index in [0.717, 1.165) is 23.5 Å². The quantitative estimate of drug-likeness (QED) is 0.847. The van der Waals surface area contributed by atoms with E-state index < -0.39 is 0 Å². The molecule has 0 spiro atoms. The number of nitrogens with one attached hydrogen (secondary N) is 2. The van der Waals surface area contributed by atoms with E-state index >= 15 is 0 Å². The summed E-state index contributed by atoms with van der Waals surface area (Å²) in [6, 6.07) is 7.85. The molecule has 3 rings (SSSR count). The summed E-state index contributed by atoms with van der Waals surface area (Å²) < 4.78 is 1.78. The van der Waals surface area contributed by atoms with E-state index in [1.165, 1.54) is 0 Å². The van der Waals surface area contributed by atoms with Crippen molar-refractivity contribution in [3.8, 4) is 0 Å². The number of carbonyl (C=O) groups excluding carboxylic acids is 1. The molecule has 0 aliphatic carbocycles. The molecule has 25 heavy (non-hydrogen) atoms. The smallest absolute Gasteiger partial charge is 0.229 e. The molecular weight excluding hydrogens is 361 g/mol. The standard InChI is InChI=1S/C17H23N5O.2ClH/c1-21(2)16-7-5-4-6-15(16)20-17(23)14-10-18-9-13(14)12-8-19-22(3)11-12;;/h4-8,11,13-14,18H,9-10H2,1-3H3,(H,20,23);2*1H/t13-,14+;;/m1../s1. The molecule has 1 aliphatic heterocycles. The highest BCUT2D eigenvalue weighted by Crippen LogP contribution is 2.30. The lowest BCUT2D eigenvalue weighted by atomic mass is 9.90. The minimum atomic E-state index is -0.0885.